The lowest BCUT2D eigenvalue weighted by molar-refractivity contribution is 0.421. The fraction of sp³-hybridized carbons (Fsp3) is 0.286. The molecule has 0 saturated carbocycles. The van der Waals surface area contributed by atoms with Gasteiger partial charge in [0.25, 0.3) is 5.89 Å². The molecule has 1 N–H and O–H groups in total. The van der Waals surface area contributed by atoms with Crippen molar-refractivity contribution < 1.29 is 4.52 Å². The summed E-state index contributed by atoms with van der Waals surface area (Å²) in [6, 6.07) is 0. The highest BCUT2D eigenvalue weighted by Crippen LogP contribution is 2.20. The van der Waals surface area contributed by atoms with Gasteiger partial charge in [-0.05, 0) is 7.05 Å². The van der Waals surface area contributed by atoms with Crippen LogP contribution in [0.5, 0.6) is 0 Å². The van der Waals surface area contributed by atoms with Crippen LogP contribution in [0.4, 0.5) is 0 Å². The topological polar surface area (TPSA) is 63.8 Å². The second kappa shape index (κ2) is 3.63. The minimum atomic E-state index is 0.535. The van der Waals surface area contributed by atoms with Gasteiger partial charge in [0.1, 0.15) is 4.88 Å². The van der Waals surface area contributed by atoms with E-state index in [1.54, 1.807) is 11.7 Å². The van der Waals surface area contributed by atoms with Crippen molar-refractivity contribution in [1.29, 1.82) is 0 Å². The first kappa shape index (κ1) is 8.33. The van der Waals surface area contributed by atoms with E-state index in [1.165, 1.54) is 11.3 Å². The molecule has 2 aromatic rings. The van der Waals surface area contributed by atoms with E-state index < -0.39 is 0 Å². The molecule has 0 amide bonds. The smallest absolute Gasteiger partial charge is 0.269 e. The van der Waals surface area contributed by atoms with E-state index in [0.717, 1.165) is 4.88 Å². The Morgan fingerprint density at radius 3 is 3.23 bits per heavy atom. The maximum atomic E-state index is 5.03. The quantitative estimate of drug-likeness (QED) is 0.790. The predicted molar refractivity (Wildman–Crippen MR) is 48.2 cm³/mol. The number of hydrogen-bond acceptors (Lipinski definition) is 6. The monoisotopic (exact) mass is 196 g/mol. The summed E-state index contributed by atoms with van der Waals surface area (Å²) in [7, 11) is 1.84. The zero-order chi connectivity index (χ0) is 9.10. The molecular formula is C7H8N4OS. The van der Waals surface area contributed by atoms with Crippen LogP contribution in [0.1, 0.15) is 5.82 Å². The van der Waals surface area contributed by atoms with Gasteiger partial charge < -0.3 is 9.84 Å². The van der Waals surface area contributed by atoms with Crippen molar-refractivity contribution in [2.45, 2.75) is 6.54 Å². The number of rotatable bonds is 3. The molecule has 0 spiro atoms. The second-order valence-electron chi connectivity index (χ2n) is 2.41. The standard InChI is InChI=1S/C7H8N4OS/c1-8-3-6-10-7(12-11-6)5-2-9-4-13-5/h2,4,8H,3H2,1H3. The van der Waals surface area contributed by atoms with Crippen LogP contribution in [0.15, 0.2) is 16.2 Å². The third-order valence-corrected chi connectivity index (χ3v) is 2.21. The average Bonchev–Trinajstić information content (AvgIpc) is 2.70. The van der Waals surface area contributed by atoms with Gasteiger partial charge in [-0.3, -0.25) is 4.98 Å². The van der Waals surface area contributed by atoms with Crippen molar-refractivity contribution in [2.75, 3.05) is 7.05 Å². The van der Waals surface area contributed by atoms with E-state index in [4.69, 9.17) is 4.52 Å². The lowest BCUT2D eigenvalue weighted by Gasteiger charge is -1.86. The van der Waals surface area contributed by atoms with Crippen LogP contribution in [0.2, 0.25) is 0 Å². The molecule has 2 rings (SSSR count). The molecule has 68 valence electrons. The SMILES string of the molecule is CNCc1noc(-c2cncs2)n1. The summed E-state index contributed by atoms with van der Waals surface area (Å²) in [6.45, 7) is 0.613. The zero-order valence-corrected chi connectivity index (χ0v) is 7.84. The molecule has 0 aliphatic rings. The van der Waals surface area contributed by atoms with Gasteiger partial charge in [-0.2, -0.15) is 4.98 Å². The highest BCUT2D eigenvalue weighted by Gasteiger charge is 2.08. The molecular weight excluding hydrogens is 188 g/mol. The number of thiazole rings is 1. The molecule has 2 aromatic heterocycles. The number of nitrogens with zero attached hydrogens (tertiary/aromatic N) is 3. The molecule has 2 heterocycles. The largest absolute Gasteiger partial charge is 0.333 e. The van der Waals surface area contributed by atoms with E-state index in [1.807, 2.05) is 7.05 Å². The molecule has 0 aliphatic carbocycles. The van der Waals surface area contributed by atoms with E-state index in [2.05, 4.69) is 20.4 Å². The number of nitrogens with one attached hydrogen (secondary N) is 1. The Kier molecular flexibility index (Phi) is 2.33. The Balaban J connectivity index is 2.23. The van der Waals surface area contributed by atoms with Crippen molar-refractivity contribution in [2.24, 2.45) is 0 Å². The first-order valence-electron chi connectivity index (χ1n) is 3.76. The van der Waals surface area contributed by atoms with Gasteiger partial charge >= 0.3 is 0 Å². The third-order valence-electron chi connectivity index (χ3n) is 1.45. The molecule has 0 unspecified atom stereocenters. The van der Waals surface area contributed by atoms with Crippen molar-refractivity contribution in [1.82, 2.24) is 20.4 Å². The van der Waals surface area contributed by atoms with Crippen molar-refractivity contribution in [3.8, 4) is 10.8 Å². The normalized spacial score (nSPS) is 10.5. The van der Waals surface area contributed by atoms with Crippen LogP contribution >= 0.6 is 11.3 Å². The molecule has 0 aliphatic heterocycles. The fourth-order valence-electron chi connectivity index (χ4n) is 0.905. The van der Waals surface area contributed by atoms with Gasteiger partial charge in [-0.25, -0.2) is 0 Å². The molecule has 0 atom stereocenters. The van der Waals surface area contributed by atoms with Crippen LogP contribution < -0.4 is 5.32 Å². The predicted octanol–water partition coefficient (Wildman–Crippen LogP) is 0.912. The summed E-state index contributed by atoms with van der Waals surface area (Å²) in [5.41, 5.74) is 1.73. The molecule has 0 radical (unpaired) electrons. The molecule has 0 saturated heterocycles. The Hall–Kier alpha value is -1.27. The van der Waals surface area contributed by atoms with Gasteiger partial charge in [0.2, 0.25) is 0 Å². The number of aromatic nitrogens is 3. The van der Waals surface area contributed by atoms with Crippen molar-refractivity contribution in [3.05, 3.63) is 17.5 Å². The van der Waals surface area contributed by atoms with E-state index in [9.17, 15) is 0 Å². The Morgan fingerprint density at radius 2 is 2.54 bits per heavy atom. The fourth-order valence-corrected chi connectivity index (χ4v) is 1.45. The van der Waals surface area contributed by atoms with Gasteiger partial charge in [0, 0.05) is 0 Å². The molecule has 0 aromatic carbocycles. The van der Waals surface area contributed by atoms with E-state index in [0.29, 0.717) is 18.3 Å². The summed E-state index contributed by atoms with van der Waals surface area (Å²) < 4.78 is 5.03. The van der Waals surface area contributed by atoms with Crippen LogP contribution in [0, 0.1) is 0 Å². The Labute approximate surface area is 78.8 Å². The van der Waals surface area contributed by atoms with Crippen LogP contribution in [0.25, 0.3) is 10.8 Å². The van der Waals surface area contributed by atoms with Gasteiger partial charge in [-0.15, -0.1) is 11.3 Å². The van der Waals surface area contributed by atoms with Crippen LogP contribution in [-0.4, -0.2) is 22.2 Å². The third kappa shape index (κ3) is 1.73. The number of hydrogen-bond donors (Lipinski definition) is 1. The van der Waals surface area contributed by atoms with Gasteiger partial charge in [0.15, 0.2) is 5.82 Å². The minimum Gasteiger partial charge on any atom is -0.333 e. The first-order chi connectivity index (χ1) is 6.40. The minimum absolute atomic E-state index is 0.535. The lowest BCUT2D eigenvalue weighted by atomic mass is 10.5. The lowest BCUT2D eigenvalue weighted by Crippen LogP contribution is -2.06. The first-order valence-corrected chi connectivity index (χ1v) is 4.64. The van der Waals surface area contributed by atoms with Gasteiger partial charge in [-0.1, -0.05) is 5.16 Å². The maximum absolute atomic E-state index is 5.03. The average molecular weight is 196 g/mol. The molecule has 0 fully saturated rings. The zero-order valence-electron chi connectivity index (χ0n) is 7.02. The summed E-state index contributed by atoms with van der Waals surface area (Å²) >= 11 is 1.48. The molecule has 5 nitrogen and oxygen atoms in total. The Morgan fingerprint density at radius 1 is 1.62 bits per heavy atom. The summed E-state index contributed by atoms with van der Waals surface area (Å²) in [5.74, 6) is 1.19. The molecule has 0 bridgehead atoms. The summed E-state index contributed by atoms with van der Waals surface area (Å²) in [5, 5.41) is 6.74. The summed E-state index contributed by atoms with van der Waals surface area (Å²) in [6.07, 6.45) is 1.71. The van der Waals surface area contributed by atoms with Crippen molar-refractivity contribution in [3.63, 3.8) is 0 Å². The van der Waals surface area contributed by atoms with Gasteiger partial charge in [0.05, 0.1) is 18.3 Å². The molecule has 13 heavy (non-hydrogen) atoms. The van der Waals surface area contributed by atoms with E-state index in [-0.39, 0.29) is 0 Å². The van der Waals surface area contributed by atoms with Crippen LogP contribution in [0.3, 0.4) is 0 Å². The highest BCUT2D eigenvalue weighted by molar-refractivity contribution is 7.13. The highest BCUT2D eigenvalue weighted by atomic mass is 32.1. The Bertz CT molecular complexity index is 370. The maximum Gasteiger partial charge on any atom is 0.269 e. The second-order valence-corrected chi connectivity index (χ2v) is 3.30. The van der Waals surface area contributed by atoms with Crippen molar-refractivity contribution >= 4 is 11.3 Å². The van der Waals surface area contributed by atoms with Crippen LogP contribution in [-0.2, 0) is 6.54 Å². The molecule has 6 heteroatoms. The van der Waals surface area contributed by atoms with E-state index >= 15 is 0 Å². The summed E-state index contributed by atoms with van der Waals surface area (Å²) in [4.78, 5) is 9.00.